The number of esters is 1. The molecule has 0 N–H and O–H groups in total. The summed E-state index contributed by atoms with van der Waals surface area (Å²) in [5.41, 5.74) is 0.259. The lowest BCUT2D eigenvalue weighted by Gasteiger charge is -2.25. The van der Waals surface area contributed by atoms with Crippen LogP contribution >= 0.6 is 11.3 Å². The highest BCUT2D eigenvalue weighted by Gasteiger charge is 2.20. The minimum absolute atomic E-state index is 0.0117. The number of hydrogen-bond donors (Lipinski definition) is 0. The lowest BCUT2D eigenvalue weighted by Crippen LogP contribution is -2.39. The van der Waals surface area contributed by atoms with Crippen LogP contribution in [-0.4, -0.2) is 41.5 Å². The highest BCUT2D eigenvalue weighted by molar-refractivity contribution is 7.09. The van der Waals surface area contributed by atoms with E-state index in [9.17, 15) is 9.59 Å². The van der Waals surface area contributed by atoms with Gasteiger partial charge in [0.05, 0.1) is 13.7 Å². The fourth-order valence-corrected chi connectivity index (χ4v) is 2.79. The molecule has 0 unspecified atom stereocenters. The van der Waals surface area contributed by atoms with Crippen LogP contribution in [0.1, 0.15) is 29.3 Å². The molecule has 0 aliphatic carbocycles. The predicted octanol–water partition coefficient (Wildman–Crippen LogP) is 2.75. The van der Waals surface area contributed by atoms with E-state index in [1.807, 2.05) is 32.0 Å². The second-order valence-electron chi connectivity index (χ2n) is 5.34. The summed E-state index contributed by atoms with van der Waals surface area (Å²) >= 11 is 1.32. The molecule has 1 heterocycles. The molecular formula is C17H20N2O4S. The third kappa shape index (κ3) is 4.79. The maximum absolute atomic E-state index is 12.4. The highest BCUT2D eigenvalue weighted by Crippen LogP contribution is 2.16. The Hall–Kier alpha value is -2.41. The highest BCUT2D eigenvalue weighted by atomic mass is 32.1. The number of rotatable bonds is 7. The molecular weight excluding hydrogens is 328 g/mol. The quantitative estimate of drug-likeness (QED) is 0.720. The molecule has 1 aromatic carbocycles. The van der Waals surface area contributed by atoms with Crippen LogP contribution in [-0.2, 0) is 16.1 Å². The summed E-state index contributed by atoms with van der Waals surface area (Å²) in [6.07, 6.45) is 0. The number of ether oxygens (including phenoxy) is 2. The fraction of sp³-hybridized carbons (Fsp3) is 0.353. The molecule has 6 nitrogen and oxygen atoms in total. The van der Waals surface area contributed by atoms with E-state index in [2.05, 4.69) is 9.72 Å². The summed E-state index contributed by atoms with van der Waals surface area (Å²) in [5, 5.41) is 2.31. The molecule has 0 atom stereocenters. The molecule has 1 amide bonds. The molecule has 0 radical (unpaired) electrons. The first kappa shape index (κ1) is 17.9. The van der Waals surface area contributed by atoms with Gasteiger partial charge in [-0.25, -0.2) is 9.78 Å². The van der Waals surface area contributed by atoms with Gasteiger partial charge in [0.15, 0.2) is 12.3 Å². The van der Waals surface area contributed by atoms with Crippen LogP contribution in [0.5, 0.6) is 5.75 Å². The van der Waals surface area contributed by atoms with E-state index in [1.165, 1.54) is 18.4 Å². The Morgan fingerprint density at radius 3 is 2.58 bits per heavy atom. The van der Waals surface area contributed by atoms with E-state index in [0.29, 0.717) is 17.3 Å². The SMILES string of the molecule is COC(=O)c1csc(CN(C(=O)COc2ccccc2)C(C)C)n1. The van der Waals surface area contributed by atoms with Crippen LogP contribution in [0, 0.1) is 0 Å². The van der Waals surface area contributed by atoms with Crippen molar-refractivity contribution in [3.63, 3.8) is 0 Å². The van der Waals surface area contributed by atoms with Crippen LogP contribution < -0.4 is 4.74 Å². The van der Waals surface area contributed by atoms with Crippen LogP contribution in [0.15, 0.2) is 35.7 Å². The molecule has 7 heteroatoms. The number of carbonyl (C=O) groups excluding carboxylic acids is 2. The number of thiazole rings is 1. The molecule has 0 spiro atoms. The molecule has 2 aromatic rings. The van der Waals surface area contributed by atoms with Gasteiger partial charge in [0.2, 0.25) is 0 Å². The molecule has 0 aliphatic heterocycles. The zero-order chi connectivity index (χ0) is 17.5. The van der Waals surface area contributed by atoms with Crippen molar-refractivity contribution in [2.75, 3.05) is 13.7 Å². The summed E-state index contributed by atoms with van der Waals surface area (Å²) in [5.74, 6) is 0.0350. The lowest BCUT2D eigenvalue weighted by molar-refractivity contribution is -0.135. The predicted molar refractivity (Wildman–Crippen MR) is 91.1 cm³/mol. The van der Waals surface area contributed by atoms with Gasteiger partial charge < -0.3 is 14.4 Å². The Morgan fingerprint density at radius 1 is 1.25 bits per heavy atom. The molecule has 1 aromatic heterocycles. The monoisotopic (exact) mass is 348 g/mol. The molecule has 128 valence electrons. The average Bonchev–Trinajstić information content (AvgIpc) is 3.06. The summed E-state index contributed by atoms with van der Waals surface area (Å²) in [6, 6.07) is 9.18. The van der Waals surface area contributed by atoms with Gasteiger partial charge in [-0.3, -0.25) is 4.79 Å². The smallest absolute Gasteiger partial charge is 0.357 e. The van der Waals surface area contributed by atoms with Crippen molar-refractivity contribution >= 4 is 23.2 Å². The number of para-hydroxylation sites is 1. The number of benzene rings is 1. The van der Waals surface area contributed by atoms with Crippen molar-refractivity contribution in [1.82, 2.24) is 9.88 Å². The average molecular weight is 348 g/mol. The zero-order valence-electron chi connectivity index (χ0n) is 13.9. The van der Waals surface area contributed by atoms with Gasteiger partial charge >= 0.3 is 5.97 Å². The molecule has 0 bridgehead atoms. The van der Waals surface area contributed by atoms with Crippen molar-refractivity contribution in [2.45, 2.75) is 26.4 Å². The van der Waals surface area contributed by atoms with Crippen molar-refractivity contribution in [2.24, 2.45) is 0 Å². The van der Waals surface area contributed by atoms with E-state index in [-0.39, 0.29) is 24.2 Å². The van der Waals surface area contributed by atoms with Crippen LogP contribution in [0.4, 0.5) is 0 Å². The van der Waals surface area contributed by atoms with Crippen molar-refractivity contribution in [3.8, 4) is 5.75 Å². The first-order valence-corrected chi connectivity index (χ1v) is 8.39. The Kier molecular flexibility index (Phi) is 6.31. The van der Waals surface area contributed by atoms with Crippen molar-refractivity contribution < 1.29 is 19.1 Å². The first-order valence-electron chi connectivity index (χ1n) is 7.51. The van der Waals surface area contributed by atoms with Gasteiger partial charge in [0, 0.05) is 11.4 Å². The van der Waals surface area contributed by atoms with Crippen molar-refractivity contribution in [3.05, 3.63) is 46.4 Å². The normalized spacial score (nSPS) is 10.5. The summed E-state index contributed by atoms with van der Waals surface area (Å²) in [4.78, 5) is 29.8. The zero-order valence-corrected chi connectivity index (χ0v) is 14.7. The van der Waals surface area contributed by atoms with E-state index in [4.69, 9.17) is 4.74 Å². The largest absolute Gasteiger partial charge is 0.484 e. The Labute approximate surface area is 145 Å². The maximum Gasteiger partial charge on any atom is 0.357 e. The van der Waals surface area contributed by atoms with E-state index in [0.717, 1.165) is 0 Å². The van der Waals surface area contributed by atoms with Crippen LogP contribution in [0.3, 0.4) is 0 Å². The number of carbonyl (C=O) groups is 2. The summed E-state index contributed by atoms with van der Waals surface area (Å²) in [6.45, 7) is 4.14. The van der Waals surface area contributed by atoms with E-state index >= 15 is 0 Å². The van der Waals surface area contributed by atoms with Gasteiger partial charge in [-0.05, 0) is 26.0 Å². The summed E-state index contributed by atoms with van der Waals surface area (Å²) in [7, 11) is 1.31. The third-order valence-corrected chi connectivity index (χ3v) is 4.13. The summed E-state index contributed by atoms with van der Waals surface area (Å²) < 4.78 is 10.2. The molecule has 0 aliphatic rings. The molecule has 0 saturated carbocycles. The Morgan fingerprint density at radius 2 is 1.96 bits per heavy atom. The Bertz CT molecular complexity index is 685. The number of hydrogen-bond acceptors (Lipinski definition) is 6. The number of amides is 1. The third-order valence-electron chi connectivity index (χ3n) is 3.30. The minimum atomic E-state index is -0.479. The lowest BCUT2D eigenvalue weighted by atomic mass is 10.3. The van der Waals surface area contributed by atoms with Crippen LogP contribution in [0.2, 0.25) is 0 Å². The standard InChI is InChI=1S/C17H20N2O4S/c1-12(2)19(9-15-18-14(11-24-15)17(21)22-3)16(20)10-23-13-7-5-4-6-8-13/h4-8,11-12H,9-10H2,1-3H3. The molecule has 0 fully saturated rings. The minimum Gasteiger partial charge on any atom is -0.484 e. The van der Waals surface area contributed by atoms with Gasteiger partial charge in [0.25, 0.3) is 5.91 Å². The second-order valence-corrected chi connectivity index (χ2v) is 6.28. The molecule has 2 rings (SSSR count). The first-order chi connectivity index (χ1) is 11.5. The number of methoxy groups -OCH3 is 1. The van der Waals surface area contributed by atoms with E-state index in [1.54, 1.807) is 22.4 Å². The van der Waals surface area contributed by atoms with Crippen molar-refractivity contribution in [1.29, 1.82) is 0 Å². The number of aromatic nitrogens is 1. The van der Waals surface area contributed by atoms with Gasteiger partial charge in [-0.2, -0.15) is 0 Å². The van der Waals surface area contributed by atoms with Gasteiger partial charge in [-0.1, -0.05) is 18.2 Å². The topological polar surface area (TPSA) is 68.7 Å². The van der Waals surface area contributed by atoms with Crippen LogP contribution in [0.25, 0.3) is 0 Å². The molecule has 0 saturated heterocycles. The fourth-order valence-electron chi connectivity index (χ4n) is 2.03. The second kappa shape index (κ2) is 8.44. The van der Waals surface area contributed by atoms with Gasteiger partial charge in [-0.15, -0.1) is 11.3 Å². The van der Waals surface area contributed by atoms with Gasteiger partial charge in [0.1, 0.15) is 10.8 Å². The van der Waals surface area contributed by atoms with E-state index < -0.39 is 5.97 Å². The molecule has 24 heavy (non-hydrogen) atoms. The Balaban J connectivity index is 1.99. The number of nitrogens with zero attached hydrogens (tertiary/aromatic N) is 2. The maximum atomic E-state index is 12.4.